The number of esters is 1. The lowest BCUT2D eigenvalue weighted by Gasteiger charge is -2.04. The van der Waals surface area contributed by atoms with Crippen LogP contribution in [0, 0.1) is 0 Å². The van der Waals surface area contributed by atoms with Gasteiger partial charge in [-0.3, -0.25) is 4.79 Å². The Morgan fingerprint density at radius 3 is 1.65 bits per heavy atom. The monoisotopic (exact) mass is 366 g/mol. The van der Waals surface area contributed by atoms with Crippen molar-refractivity contribution in [2.45, 2.75) is 129 Å². The molecule has 2 nitrogen and oxygen atoms in total. The quantitative estimate of drug-likeness (QED) is 0.123. The molecule has 0 heterocycles. The van der Waals surface area contributed by atoms with Crippen LogP contribution in [0.3, 0.4) is 0 Å². The van der Waals surface area contributed by atoms with Gasteiger partial charge in [0.25, 0.3) is 0 Å². The van der Waals surface area contributed by atoms with Crippen molar-refractivity contribution in [2.75, 3.05) is 6.61 Å². The van der Waals surface area contributed by atoms with Crippen LogP contribution in [0.5, 0.6) is 0 Å². The molecule has 0 aliphatic heterocycles. The summed E-state index contributed by atoms with van der Waals surface area (Å²) in [7, 11) is 0. The topological polar surface area (TPSA) is 26.3 Å². The molecule has 0 bridgehead atoms. The molecule has 0 saturated heterocycles. The Hall–Kier alpha value is -0.790. The van der Waals surface area contributed by atoms with Crippen LogP contribution in [0.4, 0.5) is 0 Å². The summed E-state index contributed by atoms with van der Waals surface area (Å²) in [6, 6.07) is 0. The minimum absolute atomic E-state index is 0.00815. The number of carbonyl (C=O) groups is 1. The minimum atomic E-state index is -0.00815. The highest BCUT2D eigenvalue weighted by molar-refractivity contribution is 5.69. The maximum Gasteiger partial charge on any atom is 0.305 e. The molecule has 0 aromatic heterocycles. The zero-order chi connectivity index (χ0) is 19.1. The van der Waals surface area contributed by atoms with Gasteiger partial charge in [-0.15, -0.1) is 0 Å². The molecule has 0 saturated carbocycles. The molecule has 0 aliphatic carbocycles. The van der Waals surface area contributed by atoms with E-state index in [2.05, 4.69) is 26.0 Å². The molecule has 0 atom stereocenters. The molecule has 0 radical (unpaired) electrons. The van der Waals surface area contributed by atoms with Crippen molar-refractivity contribution in [2.24, 2.45) is 0 Å². The van der Waals surface area contributed by atoms with Gasteiger partial charge < -0.3 is 4.74 Å². The SMILES string of the molecule is CCCCCCCC/C=C\CCCCCCCCOC(=O)CCCCC. The summed E-state index contributed by atoms with van der Waals surface area (Å²) < 4.78 is 5.26. The normalized spacial score (nSPS) is 11.3. The molecular weight excluding hydrogens is 320 g/mol. The summed E-state index contributed by atoms with van der Waals surface area (Å²) in [5, 5.41) is 0. The number of allylic oxidation sites excluding steroid dienone is 2. The van der Waals surface area contributed by atoms with E-state index in [9.17, 15) is 4.79 Å². The van der Waals surface area contributed by atoms with Crippen molar-refractivity contribution >= 4 is 5.97 Å². The number of hydrogen-bond acceptors (Lipinski definition) is 2. The Morgan fingerprint density at radius 2 is 1.08 bits per heavy atom. The summed E-state index contributed by atoms with van der Waals surface area (Å²) in [6.07, 6.45) is 26.9. The Bertz CT molecular complexity index is 309. The Balaban J connectivity index is 3.14. The number of unbranched alkanes of at least 4 members (excludes halogenated alkanes) is 14. The summed E-state index contributed by atoms with van der Waals surface area (Å²) in [6.45, 7) is 5.04. The van der Waals surface area contributed by atoms with E-state index < -0.39 is 0 Å². The molecule has 0 unspecified atom stereocenters. The van der Waals surface area contributed by atoms with Crippen LogP contribution in [0.25, 0.3) is 0 Å². The highest BCUT2D eigenvalue weighted by atomic mass is 16.5. The number of rotatable bonds is 20. The maximum absolute atomic E-state index is 11.4. The minimum Gasteiger partial charge on any atom is -0.466 e. The smallest absolute Gasteiger partial charge is 0.305 e. The third-order valence-electron chi connectivity index (χ3n) is 4.90. The Kier molecular flexibility index (Phi) is 21.6. The van der Waals surface area contributed by atoms with Gasteiger partial charge in [0.05, 0.1) is 6.61 Å². The molecule has 0 amide bonds. The highest BCUT2D eigenvalue weighted by Gasteiger charge is 2.01. The lowest BCUT2D eigenvalue weighted by atomic mass is 10.1. The third kappa shape index (κ3) is 21.3. The number of carbonyl (C=O) groups excluding carboxylic acids is 1. The molecule has 0 aromatic rings. The fourth-order valence-electron chi connectivity index (χ4n) is 3.13. The molecule has 2 heteroatoms. The van der Waals surface area contributed by atoms with Crippen LogP contribution in [-0.4, -0.2) is 12.6 Å². The average Bonchev–Trinajstić information content (AvgIpc) is 2.64. The van der Waals surface area contributed by atoms with Crippen LogP contribution in [-0.2, 0) is 9.53 Å². The zero-order valence-electron chi connectivity index (χ0n) is 17.9. The van der Waals surface area contributed by atoms with E-state index in [1.807, 2.05) is 0 Å². The molecule has 0 rings (SSSR count). The van der Waals surface area contributed by atoms with Crippen LogP contribution < -0.4 is 0 Å². The summed E-state index contributed by atoms with van der Waals surface area (Å²) >= 11 is 0. The van der Waals surface area contributed by atoms with Gasteiger partial charge in [0.2, 0.25) is 0 Å². The number of hydrogen-bond donors (Lipinski definition) is 0. The third-order valence-corrected chi connectivity index (χ3v) is 4.90. The van der Waals surface area contributed by atoms with Crippen LogP contribution in [0.1, 0.15) is 129 Å². The van der Waals surface area contributed by atoms with Crippen molar-refractivity contribution in [3.8, 4) is 0 Å². The van der Waals surface area contributed by atoms with Gasteiger partial charge in [0, 0.05) is 6.42 Å². The van der Waals surface area contributed by atoms with E-state index in [0.29, 0.717) is 13.0 Å². The van der Waals surface area contributed by atoms with Crippen molar-refractivity contribution in [1.29, 1.82) is 0 Å². The van der Waals surface area contributed by atoms with E-state index in [0.717, 1.165) is 25.7 Å². The number of ether oxygens (including phenoxy) is 1. The van der Waals surface area contributed by atoms with Crippen LogP contribution in [0.2, 0.25) is 0 Å². The molecule has 0 aromatic carbocycles. The standard InChI is InChI=1S/C24H46O2/c1-3-5-7-8-9-10-11-12-13-14-15-16-17-18-19-21-23-26-24(25)22-20-6-4-2/h12-13H,3-11,14-23H2,1-2H3/b13-12-. The maximum atomic E-state index is 11.4. The van der Waals surface area contributed by atoms with Gasteiger partial charge in [-0.05, 0) is 38.5 Å². The van der Waals surface area contributed by atoms with E-state index in [1.165, 1.54) is 83.5 Å². The fourth-order valence-corrected chi connectivity index (χ4v) is 3.13. The van der Waals surface area contributed by atoms with Gasteiger partial charge in [0.1, 0.15) is 0 Å². The van der Waals surface area contributed by atoms with Gasteiger partial charge >= 0.3 is 5.97 Å². The molecule has 0 N–H and O–H groups in total. The summed E-state index contributed by atoms with van der Waals surface area (Å²) in [4.78, 5) is 11.4. The zero-order valence-corrected chi connectivity index (χ0v) is 17.9. The molecule has 154 valence electrons. The first kappa shape index (κ1) is 25.2. The fraction of sp³-hybridized carbons (Fsp3) is 0.875. The Morgan fingerprint density at radius 1 is 0.615 bits per heavy atom. The summed E-state index contributed by atoms with van der Waals surface area (Å²) in [5.74, 6) is -0.00815. The van der Waals surface area contributed by atoms with Crippen molar-refractivity contribution in [3.63, 3.8) is 0 Å². The first-order chi connectivity index (χ1) is 12.8. The molecule has 26 heavy (non-hydrogen) atoms. The second kappa shape index (κ2) is 22.3. The summed E-state index contributed by atoms with van der Waals surface area (Å²) in [5.41, 5.74) is 0. The first-order valence-corrected chi connectivity index (χ1v) is 11.6. The van der Waals surface area contributed by atoms with Gasteiger partial charge in [-0.1, -0.05) is 96.6 Å². The van der Waals surface area contributed by atoms with E-state index >= 15 is 0 Å². The predicted octanol–water partition coefficient (Wildman–Crippen LogP) is 8.15. The van der Waals surface area contributed by atoms with Gasteiger partial charge in [-0.25, -0.2) is 0 Å². The second-order valence-electron chi connectivity index (χ2n) is 7.62. The second-order valence-corrected chi connectivity index (χ2v) is 7.62. The van der Waals surface area contributed by atoms with Crippen molar-refractivity contribution < 1.29 is 9.53 Å². The van der Waals surface area contributed by atoms with Crippen LogP contribution in [0.15, 0.2) is 12.2 Å². The van der Waals surface area contributed by atoms with Gasteiger partial charge in [0.15, 0.2) is 0 Å². The largest absolute Gasteiger partial charge is 0.466 e. The van der Waals surface area contributed by atoms with Crippen molar-refractivity contribution in [1.82, 2.24) is 0 Å². The van der Waals surface area contributed by atoms with Gasteiger partial charge in [-0.2, -0.15) is 0 Å². The van der Waals surface area contributed by atoms with Crippen molar-refractivity contribution in [3.05, 3.63) is 12.2 Å². The molecule has 0 spiro atoms. The van der Waals surface area contributed by atoms with E-state index in [-0.39, 0.29) is 5.97 Å². The van der Waals surface area contributed by atoms with E-state index in [1.54, 1.807) is 0 Å². The van der Waals surface area contributed by atoms with E-state index in [4.69, 9.17) is 4.74 Å². The molecular formula is C24H46O2. The lowest BCUT2D eigenvalue weighted by molar-refractivity contribution is -0.143. The van der Waals surface area contributed by atoms with Crippen LogP contribution >= 0.6 is 0 Å². The Labute approximate surface area is 164 Å². The lowest BCUT2D eigenvalue weighted by Crippen LogP contribution is -2.05. The average molecular weight is 367 g/mol. The first-order valence-electron chi connectivity index (χ1n) is 11.6. The molecule has 0 aliphatic rings. The predicted molar refractivity (Wildman–Crippen MR) is 115 cm³/mol. The molecule has 0 fully saturated rings. The highest BCUT2D eigenvalue weighted by Crippen LogP contribution is 2.10.